The van der Waals surface area contributed by atoms with Crippen molar-refractivity contribution in [2.45, 2.75) is 25.4 Å². The summed E-state index contributed by atoms with van der Waals surface area (Å²) in [7, 11) is 0. The highest BCUT2D eigenvalue weighted by molar-refractivity contribution is 6.31. The monoisotopic (exact) mass is 510 g/mol. The van der Waals surface area contributed by atoms with E-state index in [1.54, 1.807) is 41.0 Å². The van der Waals surface area contributed by atoms with Crippen LogP contribution in [0.25, 0.3) is 16.6 Å². The molecule has 2 amide bonds. The molecule has 2 saturated heterocycles. The molecular weight excluding hydrogens is 488 g/mol. The zero-order valence-corrected chi connectivity index (χ0v) is 20.9. The van der Waals surface area contributed by atoms with Crippen molar-refractivity contribution in [2.24, 2.45) is 17.8 Å². The van der Waals surface area contributed by atoms with Gasteiger partial charge in [-0.05, 0) is 42.3 Å². The van der Waals surface area contributed by atoms with Crippen molar-refractivity contribution in [1.82, 2.24) is 14.9 Å². The second-order valence-electron chi connectivity index (χ2n) is 10.3. The number of para-hydroxylation sites is 2. The molecule has 184 valence electrons. The summed E-state index contributed by atoms with van der Waals surface area (Å²) in [6, 6.07) is 21.3. The van der Waals surface area contributed by atoms with Crippen molar-refractivity contribution in [3.63, 3.8) is 0 Å². The number of rotatable bonds is 2. The third kappa shape index (κ3) is 2.76. The number of anilines is 1. The normalized spacial score (nSPS) is 25.8. The summed E-state index contributed by atoms with van der Waals surface area (Å²) in [5, 5.41) is 4.65. The van der Waals surface area contributed by atoms with Gasteiger partial charge >= 0.3 is 0 Å². The Morgan fingerprint density at radius 3 is 2.49 bits per heavy atom. The summed E-state index contributed by atoms with van der Waals surface area (Å²) in [6.07, 6.45) is 0. The lowest BCUT2D eigenvalue weighted by Crippen LogP contribution is -2.51. The molecule has 3 aromatic carbocycles. The highest BCUT2D eigenvalue weighted by Crippen LogP contribution is 2.56. The van der Waals surface area contributed by atoms with Crippen LogP contribution in [-0.4, -0.2) is 27.4 Å². The molecule has 0 saturated carbocycles. The molecule has 1 N–H and O–H groups in total. The van der Waals surface area contributed by atoms with E-state index in [1.165, 1.54) is 4.90 Å². The summed E-state index contributed by atoms with van der Waals surface area (Å²) in [5.74, 6) is -1.51. The van der Waals surface area contributed by atoms with Gasteiger partial charge in [-0.25, -0.2) is 9.88 Å². The largest absolute Gasteiger partial charge is 0.296 e. The molecule has 2 fully saturated rings. The predicted molar refractivity (Wildman–Crippen MR) is 141 cm³/mol. The van der Waals surface area contributed by atoms with Crippen LogP contribution in [0.2, 0.25) is 5.02 Å². The van der Waals surface area contributed by atoms with Gasteiger partial charge in [0.25, 0.3) is 5.56 Å². The van der Waals surface area contributed by atoms with Crippen LogP contribution < -0.4 is 15.8 Å². The number of hydrogen-bond acceptors (Lipinski definition) is 5. The maximum absolute atomic E-state index is 14.3. The standard InChI is InChI=1S/C29H23ClN4O3/c1-15(2)24-22-23(27(37)33(26(22)36)17-9-7-8-16(30)14-17)29(32-24)19-11-4-6-13-21(19)34-25(35)18-10-3-5-12-20(18)31-28(29)34/h3-15,22-24,32H,1-2H3/t22-,23-,24-,29-/m1/s1. The fourth-order valence-corrected chi connectivity index (χ4v) is 6.78. The van der Waals surface area contributed by atoms with Crippen molar-refractivity contribution in [1.29, 1.82) is 0 Å². The average Bonchev–Trinajstić information content (AvgIpc) is 3.48. The van der Waals surface area contributed by atoms with E-state index in [0.717, 1.165) is 5.56 Å². The summed E-state index contributed by atoms with van der Waals surface area (Å²) in [4.78, 5) is 48.4. The molecule has 0 aliphatic carbocycles. The number of hydrogen-bond donors (Lipinski definition) is 1. The first-order valence-corrected chi connectivity index (χ1v) is 12.8. The zero-order chi connectivity index (χ0) is 25.6. The maximum atomic E-state index is 14.3. The SMILES string of the molecule is CC(C)[C@H]1N[C@]2(c3ccccc3-n3c2nc2ccccc2c3=O)[C@H]2C(=O)N(c3cccc(Cl)c3)C(=O)[C@@H]12. The number of aromatic nitrogens is 2. The van der Waals surface area contributed by atoms with E-state index in [4.69, 9.17) is 16.6 Å². The van der Waals surface area contributed by atoms with E-state index in [1.807, 2.05) is 50.2 Å². The third-order valence-corrected chi connectivity index (χ3v) is 8.32. The first kappa shape index (κ1) is 22.4. The topological polar surface area (TPSA) is 84.3 Å². The fraction of sp³-hybridized carbons (Fsp3) is 0.241. The Bertz CT molecular complexity index is 1710. The van der Waals surface area contributed by atoms with Crippen molar-refractivity contribution >= 4 is 40.0 Å². The first-order valence-electron chi connectivity index (χ1n) is 12.4. The molecule has 1 spiro atoms. The Kier molecular flexibility index (Phi) is 4.60. The minimum Gasteiger partial charge on any atom is -0.296 e. The first-order chi connectivity index (χ1) is 17.8. The molecule has 7 nitrogen and oxygen atoms in total. The quantitative estimate of drug-likeness (QED) is 0.412. The van der Waals surface area contributed by atoms with Gasteiger partial charge < -0.3 is 0 Å². The Morgan fingerprint density at radius 1 is 0.946 bits per heavy atom. The summed E-state index contributed by atoms with van der Waals surface area (Å²) < 4.78 is 1.62. The number of amides is 2. The second-order valence-corrected chi connectivity index (χ2v) is 10.8. The Balaban J connectivity index is 1.54. The van der Waals surface area contributed by atoms with Crippen LogP contribution in [0.5, 0.6) is 0 Å². The van der Waals surface area contributed by atoms with E-state index >= 15 is 0 Å². The van der Waals surface area contributed by atoms with Gasteiger partial charge in [0.1, 0.15) is 11.4 Å². The van der Waals surface area contributed by atoms with Gasteiger partial charge in [-0.2, -0.15) is 0 Å². The lowest BCUT2D eigenvalue weighted by atomic mass is 9.75. The van der Waals surface area contributed by atoms with Crippen LogP contribution in [0.4, 0.5) is 5.69 Å². The van der Waals surface area contributed by atoms with Gasteiger partial charge in [0.15, 0.2) is 0 Å². The van der Waals surface area contributed by atoms with Gasteiger partial charge in [-0.15, -0.1) is 0 Å². The molecule has 0 unspecified atom stereocenters. The number of carbonyl (C=O) groups is 2. The Labute approximate surface area is 217 Å². The lowest BCUT2D eigenvalue weighted by molar-refractivity contribution is -0.123. The van der Waals surface area contributed by atoms with Crippen molar-refractivity contribution in [3.8, 4) is 5.69 Å². The summed E-state index contributed by atoms with van der Waals surface area (Å²) >= 11 is 6.24. The van der Waals surface area contributed by atoms with E-state index in [-0.39, 0.29) is 29.3 Å². The number of benzene rings is 3. The number of nitrogens with one attached hydrogen (secondary N) is 1. The van der Waals surface area contributed by atoms with Crippen LogP contribution in [-0.2, 0) is 15.1 Å². The fourth-order valence-electron chi connectivity index (χ4n) is 6.59. The molecule has 4 aromatic rings. The van der Waals surface area contributed by atoms with Gasteiger partial charge in [0, 0.05) is 16.6 Å². The smallest absolute Gasteiger partial charge is 0.266 e. The highest BCUT2D eigenvalue weighted by Gasteiger charge is 2.70. The van der Waals surface area contributed by atoms with Crippen LogP contribution in [0.3, 0.4) is 0 Å². The van der Waals surface area contributed by atoms with Gasteiger partial charge in [-0.3, -0.25) is 24.3 Å². The summed E-state index contributed by atoms with van der Waals surface area (Å²) in [5.41, 5.74) is 1.13. The molecule has 7 rings (SSSR count). The summed E-state index contributed by atoms with van der Waals surface area (Å²) in [6.45, 7) is 4.07. The molecule has 3 aliphatic heterocycles. The van der Waals surface area contributed by atoms with E-state index < -0.39 is 17.4 Å². The van der Waals surface area contributed by atoms with Crippen molar-refractivity contribution in [2.75, 3.05) is 4.90 Å². The number of fused-ring (bicyclic) bond motifs is 8. The van der Waals surface area contributed by atoms with Crippen LogP contribution in [0, 0.1) is 17.8 Å². The predicted octanol–water partition coefficient (Wildman–Crippen LogP) is 4.03. The van der Waals surface area contributed by atoms with Crippen molar-refractivity contribution < 1.29 is 9.59 Å². The third-order valence-electron chi connectivity index (χ3n) is 8.08. The minimum atomic E-state index is -1.14. The number of nitrogens with zero attached hydrogens (tertiary/aromatic N) is 3. The zero-order valence-electron chi connectivity index (χ0n) is 20.2. The van der Waals surface area contributed by atoms with Crippen molar-refractivity contribution in [3.05, 3.63) is 99.6 Å². The maximum Gasteiger partial charge on any atom is 0.266 e. The van der Waals surface area contributed by atoms with Gasteiger partial charge in [-0.1, -0.05) is 61.8 Å². The molecule has 4 atom stereocenters. The Morgan fingerprint density at radius 2 is 1.70 bits per heavy atom. The molecule has 4 heterocycles. The molecule has 8 heteroatoms. The molecule has 3 aliphatic rings. The Hall–Kier alpha value is -3.81. The van der Waals surface area contributed by atoms with Crippen LogP contribution in [0.1, 0.15) is 25.2 Å². The number of imide groups is 1. The van der Waals surface area contributed by atoms with E-state index in [0.29, 0.717) is 33.1 Å². The second kappa shape index (κ2) is 7.60. The van der Waals surface area contributed by atoms with Crippen LogP contribution >= 0.6 is 11.6 Å². The average molecular weight is 511 g/mol. The lowest BCUT2D eigenvalue weighted by Gasteiger charge is -2.32. The molecule has 0 bridgehead atoms. The minimum absolute atomic E-state index is 0.0383. The van der Waals surface area contributed by atoms with E-state index in [9.17, 15) is 14.4 Å². The van der Waals surface area contributed by atoms with Gasteiger partial charge in [0.2, 0.25) is 11.8 Å². The molecule has 0 radical (unpaired) electrons. The number of carbonyl (C=O) groups excluding carboxylic acids is 2. The molecule has 1 aromatic heterocycles. The van der Waals surface area contributed by atoms with E-state index in [2.05, 4.69) is 5.32 Å². The highest BCUT2D eigenvalue weighted by atomic mass is 35.5. The van der Waals surface area contributed by atoms with Gasteiger partial charge in [0.05, 0.1) is 34.1 Å². The van der Waals surface area contributed by atoms with Crippen LogP contribution in [0.15, 0.2) is 77.6 Å². The molecule has 37 heavy (non-hydrogen) atoms. The molecular formula is C29H23ClN4O3. The number of halogens is 1.